The summed E-state index contributed by atoms with van der Waals surface area (Å²) < 4.78 is 5.13. The van der Waals surface area contributed by atoms with E-state index in [9.17, 15) is 4.79 Å². The first-order chi connectivity index (χ1) is 8.33. The Bertz CT molecular complexity index is 398. The normalized spacial score (nSPS) is 13.2. The lowest BCUT2D eigenvalue weighted by Crippen LogP contribution is -2.31. The van der Waals surface area contributed by atoms with Crippen molar-refractivity contribution < 1.29 is 9.53 Å². The van der Waals surface area contributed by atoms with E-state index in [0.717, 1.165) is 6.42 Å². The molecule has 0 spiro atoms. The maximum absolute atomic E-state index is 12.0. The van der Waals surface area contributed by atoms with Crippen molar-refractivity contribution in [2.24, 2.45) is 5.41 Å². The summed E-state index contributed by atoms with van der Waals surface area (Å²) in [6.07, 6.45) is 1.01. The van der Waals surface area contributed by atoms with E-state index in [2.05, 4.69) is 42.0 Å². The number of carbonyl (C=O) groups is 1. The van der Waals surface area contributed by atoms with Crippen molar-refractivity contribution in [2.45, 2.75) is 32.0 Å². The molecule has 1 N–H and O–H groups in total. The Morgan fingerprint density at radius 3 is 2.78 bits per heavy atom. The average molecular weight is 334 g/mol. The third-order valence-electron chi connectivity index (χ3n) is 2.37. The molecule has 1 atom stereocenters. The van der Waals surface area contributed by atoms with Gasteiger partial charge in [0.2, 0.25) is 0 Å². The standard InChI is InChI=1S/C13H20BrNO2S/c1-13(2,3)7-9(14)8-15-12(16)11-10(17-4)5-6-18-11/h5-6,9H,7-8H2,1-4H3,(H,15,16). The van der Waals surface area contributed by atoms with Crippen LogP contribution in [-0.2, 0) is 0 Å². The summed E-state index contributed by atoms with van der Waals surface area (Å²) in [6.45, 7) is 7.18. The Labute approximate surface area is 121 Å². The predicted octanol–water partition coefficient (Wildman–Crippen LogP) is 3.69. The molecule has 0 aliphatic heterocycles. The first-order valence-corrected chi connectivity index (χ1v) is 7.67. The number of amides is 1. The second-order valence-electron chi connectivity index (χ2n) is 5.39. The van der Waals surface area contributed by atoms with E-state index in [-0.39, 0.29) is 16.1 Å². The largest absolute Gasteiger partial charge is 0.495 e. The highest BCUT2D eigenvalue weighted by Gasteiger charge is 2.19. The van der Waals surface area contributed by atoms with Gasteiger partial charge in [-0.1, -0.05) is 36.7 Å². The van der Waals surface area contributed by atoms with Gasteiger partial charge in [-0.15, -0.1) is 11.3 Å². The number of rotatable bonds is 5. The Morgan fingerprint density at radius 2 is 2.22 bits per heavy atom. The van der Waals surface area contributed by atoms with Crippen LogP contribution in [0.15, 0.2) is 11.4 Å². The molecule has 1 rings (SSSR count). The van der Waals surface area contributed by atoms with Crippen LogP contribution in [0.4, 0.5) is 0 Å². The minimum absolute atomic E-state index is 0.0693. The van der Waals surface area contributed by atoms with Crippen LogP contribution in [0.25, 0.3) is 0 Å². The second-order valence-corrected chi connectivity index (χ2v) is 7.60. The van der Waals surface area contributed by atoms with Gasteiger partial charge in [-0.05, 0) is 23.3 Å². The van der Waals surface area contributed by atoms with Gasteiger partial charge in [0.1, 0.15) is 10.6 Å². The van der Waals surface area contributed by atoms with Crippen LogP contribution >= 0.6 is 27.3 Å². The van der Waals surface area contributed by atoms with E-state index in [4.69, 9.17) is 4.74 Å². The SMILES string of the molecule is COc1ccsc1C(=O)NCC(Br)CC(C)(C)C. The smallest absolute Gasteiger partial charge is 0.265 e. The predicted molar refractivity (Wildman–Crippen MR) is 80.0 cm³/mol. The number of carbonyl (C=O) groups excluding carboxylic acids is 1. The van der Waals surface area contributed by atoms with E-state index in [1.807, 2.05) is 5.38 Å². The van der Waals surface area contributed by atoms with Crippen LogP contribution < -0.4 is 10.1 Å². The summed E-state index contributed by atoms with van der Waals surface area (Å²) in [5.74, 6) is 0.569. The molecule has 1 unspecified atom stereocenters. The van der Waals surface area contributed by atoms with Crippen LogP contribution in [0.3, 0.4) is 0 Å². The van der Waals surface area contributed by atoms with Crippen molar-refractivity contribution in [3.63, 3.8) is 0 Å². The molecule has 0 radical (unpaired) electrons. The lowest BCUT2D eigenvalue weighted by Gasteiger charge is -2.22. The fourth-order valence-corrected chi connectivity index (χ4v) is 3.55. The van der Waals surface area contributed by atoms with Crippen molar-refractivity contribution >= 4 is 33.2 Å². The van der Waals surface area contributed by atoms with Gasteiger partial charge in [-0.25, -0.2) is 0 Å². The maximum atomic E-state index is 12.0. The minimum Gasteiger partial charge on any atom is -0.495 e. The lowest BCUT2D eigenvalue weighted by molar-refractivity contribution is 0.0954. The first-order valence-electron chi connectivity index (χ1n) is 5.87. The molecule has 18 heavy (non-hydrogen) atoms. The topological polar surface area (TPSA) is 38.3 Å². The van der Waals surface area contributed by atoms with Crippen LogP contribution in [-0.4, -0.2) is 24.4 Å². The monoisotopic (exact) mass is 333 g/mol. The van der Waals surface area contributed by atoms with Crippen molar-refractivity contribution in [3.8, 4) is 5.75 Å². The number of ether oxygens (including phenoxy) is 1. The van der Waals surface area contributed by atoms with Gasteiger partial charge < -0.3 is 10.1 Å². The Hall–Kier alpha value is -0.550. The van der Waals surface area contributed by atoms with Gasteiger partial charge in [0.25, 0.3) is 5.91 Å². The number of thiophene rings is 1. The number of hydrogen-bond donors (Lipinski definition) is 1. The van der Waals surface area contributed by atoms with E-state index in [0.29, 0.717) is 17.2 Å². The molecule has 0 saturated carbocycles. The number of halogens is 1. The highest BCUT2D eigenvalue weighted by Crippen LogP contribution is 2.26. The zero-order valence-corrected chi connectivity index (χ0v) is 13.7. The molecule has 0 saturated heterocycles. The number of methoxy groups -OCH3 is 1. The summed E-state index contributed by atoms with van der Waals surface area (Å²) >= 11 is 4.99. The third-order valence-corrected chi connectivity index (χ3v) is 3.92. The van der Waals surface area contributed by atoms with Gasteiger partial charge in [0.05, 0.1) is 7.11 Å². The van der Waals surface area contributed by atoms with Crippen LogP contribution in [0.2, 0.25) is 0 Å². The van der Waals surface area contributed by atoms with Crippen LogP contribution in [0.5, 0.6) is 5.75 Å². The lowest BCUT2D eigenvalue weighted by atomic mass is 9.90. The van der Waals surface area contributed by atoms with E-state index in [1.54, 1.807) is 13.2 Å². The third kappa shape index (κ3) is 4.98. The Morgan fingerprint density at radius 1 is 1.56 bits per heavy atom. The average Bonchev–Trinajstić information content (AvgIpc) is 2.71. The summed E-state index contributed by atoms with van der Waals surface area (Å²) in [6, 6.07) is 1.81. The molecule has 0 aliphatic carbocycles. The molecule has 3 nitrogen and oxygen atoms in total. The minimum atomic E-state index is -0.0693. The van der Waals surface area contributed by atoms with Crippen LogP contribution in [0.1, 0.15) is 36.9 Å². The molecule has 0 aromatic carbocycles. The fourth-order valence-electron chi connectivity index (χ4n) is 1.64. The van der Waals surface area contributed by atoms with Crippen molar-refractivity contribution in [2.75, 3.05) is 13.7 Å². The molecule has 102 valence electrons. The fraction of sp³-hybridized carbons (Fsp3) is 0.615. The zero-order valence-electron chi connectivity index (χ0n) is 11.2. The van der Waals surface area contributed by atoms with E-state index in [1.165, 1.54) is 11.3 Å². The summed E-state index contributed by atoms with van der Waals surface area (Å²) in [5.41, 5.74) is 0.250. The molecule has 1 aromatic rings. The van der Waals surface area contributed by atoms with Crippen molar-refractivity contribution in [3.05, 3.63) is 16.3 Å². The summed E-state index contributed by atoms with van der Waals surface area (Å²) in [5, 5.41) is 4.78. The molecule has 1 amide bonds. The van der Waals surface area contributed by atoms with Crippen LogP contribution in [0, 0.1) is 5.41 Å². The van der Waals surface area contributed by atoms with Gasteiger partial charge in [0, 0.05) is 11.4 Å². The summed E-state index contributed by atoms with van der Waals surface area (Å²) in [7, 11) is 1.58. The molecule has 1 aromatic heterocycles. The first kappa shape index (κ1) is 15.5. The van der Waals surface area contributed by atoms with Gasteiger partial charge in [0.15, 0.2) is 0 Å². The number of hydrogen-bond acceptors (Lipinski definition) is 3. The molecule has 1 heterocycles. The quantitative estimate of drug-likeness (QED) is 0.834. The van der Waals surface area contributed by atoms with E-state index >= 15 is 0 Å². The molecular formula is C13H20BrNO2S. The second kappa shape index (κ2) is 6.57. The highest BCUT2D eigenvalue weighted by molar-refractivity contribution is 9.09. The molecule has 5 heteroatoms. The number of nitrogens with one attached hydrogen (secondary N) is 1. The maximum Gasteiger partial charge on any atom is 0.265 e. The van der Waals surface area contributed by atoms with E-state index < -0.39 is 0 Å². The Kier molecular flexibility index (Phi) is 5.66. The summed E-state index contributed by atoms with van der Waals surface area (Å²) in [4.78, 5) is 12.9. The van der Waals surface area contributed by atoms with Gasteiger partial charge in [-0.3, -0.25) is 4.79 Å². The number of alkyl halides is 1. The molecule has 0 aliphatic rings. The molecule has 0 bridgehead atoms. The van der Waals surface area contributed by atoms with Crippen molar-refractivity contribution in [1.82, 2.24) is 5.32 Å². The Balaban J connectivity index is 2.47. The van der Waals surface area contributed by atoms with Crippen molar-refractivity contribution in [1.29, 1.82) is 0 Å². The van der Waals surface area contributed by atoms with Gasteiger partial charge >= 0.3 is 0 Å². The highest BCUT2D eigenvalue weighted by atomic mass is 79.9. The zero-order chi connectivity index (χ0) is 13.8. The molecular weight excluding hydrogens is 314 g/mol. The van der Waals surface area contributed by atoms with Gasteiger partial charge in [-0.2, -0.15) is 0 Å². The molecule has 0 fully saturated rings.